The number of nitrogens with two attached hydrogens (primary N) is 1. The monoisotopic (exact) mass is 152 g/mol. The summed E-state index contributed by atoms with van der Waals surface area (Å²) >= 11 is 0. The highest BCUT2D eigenvalue weighted by Gasteiger charge is 2.07. The maximum absolute atomic E-state index is 9.32. The number of aliphatic hydroxyl groups is 1. The molecule has 0 amide bonds. The lowest BCUT2D eigenvalue weighted by molar-refractivity contribution is 0.181. The number of hydrogen-bond donors (Lipinski definition) is 2. The number of pyridine rings is 1. The summed E-state index contributed by atoms with van der Waals surface area (Å²) in [6.45, 7) is 2.12. The van der Waals surface area contributed by atoms with Crippen LogP contribution >= 0.6 is 0 Å². The van der Waals surface area contributed by atoms with E-state index < -0.39 is 6.10 Å². The molecule has 0 aliphatic heterocycles. The first-order valence-electron chi connectivity index (χ1n) is 3.55. The van der Waals surface area contributed by atoms with E-state index in [4.69, 9.17) is 5.73 Å². The molecular weight excluding hydrogens is 140 g/mol. The van der Waals surface area contributed by atoms with E-state index in [9.17, 15) is 5.11 Å². The van der Waals surface area contributed by atoms with Crippen LogP contribution in [-0.4, -0.2) is 16.6 Å². The van der Waals surface area contributed by atoms with Crippen LogP contribution in [0.25, 0.3) is 0 Å². The minimum atomic E-state index is -0.629. The third kappa shape index (κ3) is 1.76. The van der Waals surface area contributed by atoms with Crippen molar-refractivity contribution in [3.05, 3.63) is 29.6 Å². The lowest BCUT2D eigenvalue weighted by Crippen LogP contribution is -2.13. The predicted molar refractivity (Wildman–Crippen MR) is 43.0 cm³/mol. The number of aryl methyl sites for hydroxylation is 1. The fraction of sp³-hybridized carbons (Fsp3) is 0.375. The summed E-state index contributed by atoms with van der Waals surface area (Å²) < 4.78 is 0. The zero-order chi connectivity index (χ0) is 8.27. The van der Waals surface area contributed by atoms with Gasteiger partial charge in [0.2, 0.25) is 0 Å². The lowest BCUT2D eigenvalue weighted by Gasteiger charge is -2.08. The normalized spacial score (nSPS) is 13.0. The van der Waals surface area contributed by atoms with E-state index in [1.54, 1.807) is 6.20 Å². The van der Waals surface area contributed by atoms with Crippen LogP contribution in [0, 0.1) is 6.92 Å². The maximum Gasteiger partial charge on any atom is 0.108 e. The molecule has 0 fully saturated rings. The van der Waals surface area contributed by atoms with Crippen molar-refractivity contribution in [3.8, 4) is 0 Å². The average Bonchev–Trinajstić information content (AvgIpc) is 2.04. The quantitative estimate of drug-likeness (QED) is 0.644. The Bertz CT molecular complexity index is 237. The number of hydrogen-bond acceptors (Lipinski definition) is 3. The van der Waals surface area contributed by atoms with Gasteiger partial charge in [-0.15, -0.1) is 0 Å². The zero-order valence-corrected chi connectivity index (χ0v) is 6.49. The van der Waals surface area contributed by atoms with Gasteiger partial charge < -0.3 is 10.8 Å². The smallest absolute Gasteiger partial charge is 0.108 e. The molecule has 0 aliphatic carbocycles. The summed E-state index contributed by atoms with van der Waals surface area (Å²) in [5, 5.41) is 9.32. The molecule has 0 spiro atoms. The van der Waals surface area contributed by atoms with Crippen LogP contribution < -0.4 is 5.73 Å². The molecule has 1 aromatic heterocycles. The van der Waals surface area contributed by atoms with Crippen molar-refractivity contribution < 1.29 is 5.11 Å². The molecule has 0 aliphatic rings. The highest BCUT2D eigenvalue weighted by atomic mass is 16.3. The zero-order valence-electron chi connectivity index (χ0n) is 6.49. The molecule has 0 bridgehead atoms. The third-order valence-corrected chi connectivity index (χ3v) is 1.59. The molecule has 60 valence electrons. The molecule has 1 rings (SSSR count). The maximum atomic E-state index is 9.32. The Labute approximate surface area is 65.9 Å². The Kier molecular flexibility index (Phi) is 2.57. The van der Waals surface area contributed by atoms with Crippen molar-refractivity contribution in [2.45, 2.75) is 13.0 Å². The summed E-state index contributed by atoms with van der Waals surface area (Å²) in [5.74, 6) is 0. The minimum absolute atomic E-state index is 0.220. The van der Waals surface area contributed by atoms with Crippen LogP contribution in [0.2, 0.25) is 0 Å². The van der Waals surface area contributed by atoms with E-state index in [1.807, 2.05) is 19.1 Å². The van der Waals surface area contributed by atoms with Crippen molar-refractivity contribution in [3.63, 3.8) is 0 Å². The molecule has 3 nitrogen and oxygen atoms in total. The fourth-order valence-corrected chi connectivity index (χ4v) is 0.958. The number of aliphatic hydroxyl groups excluding tert-OH is 1. The van der Waals surface area contributed by atoms with Gasteiger partial charge >= 0.3 is 0 Å². The molecule has 0 radical (unpaired) electrons. The Morgan fingerprint density at radius 2 is 2.45 bits per heavy atom. The Balaban J connectivity index is 2.93. The summed E-state index contributed by atoms with van der Waals surface area (Å²) in [5.41, 5.74) is 6.94. The molecule has 1 atom stereocenters. The lowest BCUT2D eigenvalue weighted by atomic mass is 10.1. The van der Waals surface area contributed by atoms with E-state index in [0.717, 1.165) is 5.56 Å². The minimum Gasteiger partial charge on any atom is -0.385 e. The SMILES string of the molecule is Cc1cccnc1C(O)CN. The highest BCUT2D eigenvalue weighted by Crippen LogP contribution is 2.11. The van der Waals surface area contributed by atoms with Crippen molar-refractivity contribution in [2.24, 2.45) is 5.73 Å². The number of nitrogens with zero attached hydrogens (tertiary/aromatic N) is 1. The molecule has 0 saturated heterocycles. The van der Waals surface area contributed by atoms with Gasteiger partial charge in [-0.3, -0.25) is 4.98 Å². The second kappa shape index (κ2) is 3.46. The first-order valence-corrected chi connectivity index (χ1v) is 3.55. The summed E-state index contributed by atoms with van der Waals surface area (Å²) in [4.78, 5) is 4.02. The van der Waals surface area contributed by atoms with Gasteiger partial charge in [0.15, 0.2) is 0 Å². The molecule has 3 heteroatoms. The van der Waals surface area contributed by atoms with Gasteiger partial charge in [0.25, 0.3) is 0 Å². The first-order chi connectivity index (χ1) is 5.25. The summed E-state index contributed by atoms with van der Waals surface area (Å²) in [6.07, 6.45) is 1.03. The highest BCUT2D eigenvalue weighted by molar-refractivity contribution is 5.19. The first kappa shape index (κ1) is 8.17. The molecule has 1 unspecified atom stereocenters. The second-order valence-electron chi connectivity index (χ2n) is 2.46. The van der Waals surface area contributed by atoms with Crippen LogP contribution in [-0.2, 0) is 0 Å². The van der Waals surface area contributed by atoms with Crippen molar-refractivity contribution >= 4 is 0 Å². The molecule has 11 heavy (non-hydrogen) atoms. The summed E-state index contributed by atoms with van der Waals surface area (Å²) in [7, 11) is 0. The van der Waals surface area contributed by atoms with Crippen LogP contribution in [0.15, 0.2) is 18.3 Å². The van der Waals surface area contributed by atoms with Gasteiger partial charge in [0.1, 0.15) is 6.10 Å². The van der Waals surface area contributed by atoms with Gasteiger partial charge in [-0.2, -0.15) is 0 Å². The van der Waals surface area contributed by atoms with Crippen molar-refractivity contribution in [1.82, 2.24) is 4.98 Å². The summed E-state index contributed by atoms with van der Waals surface area (Å²) in [6, 6.07) is 3.74. The van der Waals surface area contributed by atoms with Gasteiger partial charge in [0, 0.05) is 12.7 Å². The average molecular weight is 152 g/mol. The fourth-order valence-electron chi connectivity index (χ4n) is 0.958. The van der Waals surface area contributed by atoms with Gasteiger partial charge in [-0.05, 0) is 18.6 Å². The molecule has 1 heterocycles. The van der Waals surface area contributed by atoms with E-state index in [1.165, 1.54) is 0 Å². The number of aromatic nitrogens is 1. The van der Waals surface area contributed by atoms with E-state index in [2.05, 4.69) is 4.98 Å². The molecule has 1 aromatic rings. The van der Waals surface area contributed by atoms with Gasteiger partial charge in [-0.1, -0.05) is 6.07 Å². The Morgan fingerprint density at radius 1 is 1.73 bits per heavy atom. The van der Waals surface area contributed by atoms with Crippen LogP contribution in [0.1, 0.15) is 17.4 Å². The van der Waals surface area contributed by atoms with E-state index >= 15 is 0 Å². The van der Waals surface area contributed by atoms with E-state index in [0.29, 0.717) is 5.69 Å². The van der Waals surface area contributed by atoms with E-state index in [-0.39, 0.29) is 6.54 Å². The molecule has 0 aromatic carbocycles. The topological polar surface area (TPSA) is 59.1 Å². The standard InChI is InChI=1S/C8H12N2O/c1-6-3-2-4-10-8(6)7(11)5-9/h2-4,7,11H,5,9H2,1H3. The van der Waals surface area contributed by atoms with Crippen molar-refractivity contribution in [2.75, 3.05) is 6.54 Å². The second-order valence-corrected chi connectivity index (χ2v) is 2.46. The van der Waals surface area contributed by atoms with Gasteiger partial charge in [-0.25, -0.2) is 0 Å². The van der Waals surface area contributed by atoms with Crippen LogP contribution in [0.4, 0.5) is 0 Å². The molecule has 3 N–H and O–H groups in total. The largest absolute Gasteiger partial charge is 0.385 e. The van der Waals surface area contributed by atoms with Crippen molar-refractivity contribution in [1.29, 1.82) is 0 Å². The Hall–Kier alpha value is -0.930. The predicted octanol–water partition coefficient (Wildman–Crippen LogP) is 0.382. The van der Waals surface area contributed by atoms with Gasteiger partial charge in [0.05, 0.1) is 5.69 Å². The third-order valence-electron chi connectivity index (χ3n) is 1.59. The van der Waals surface area contributed by atoms with Crippen LogP contribution in [0.3, 0.4) is 0 Å². The van der Waals surface area contributed by atoms with Crippen LogP contribution in [0.5, 0.6) is 0 Å². The Morgan fingerprint density at radius 3 is 3.00 bits per heavy atom. The molecular formula is C8H12N2O. The molecule has 0 saturated carbocycles. The number of rotatable bonds is 2.